The van der Waals surface area contributed by atoms with Gasteiger partial charge in [0.2, 0.25) is 0 Å². The summed E-state index contributed by atoms with van der Waals surface area (Å²) >= 11 is 0. The lowest BCUT2D eigenvalue weighted by atomic mass is 10.4. The van der Waals surface area contributed by atoms with Gasteiger partial charge in [0.1, 0.15) is 0 Å². The predicted molar refractivity (Wildman–Crippen MR) is 58.3 cm³/mol. The van der Waals surface area contributed by atoms with Crippen molar-refractivity contribution in [2.45, 2.75) is 0 Å². The Balaban J connectivity index is 2.89. The summed E-state index contributed by atoms with van der Waals surface area (Å²) in [5.74, 6) is 1.09. The third kappa shape index (κ3) is 2.83. The molecule has 0 unspecified atom stereocenters. The van der Waals surface area contributed by atoms with Crippen LogP contribution in [0.25, 0.3) is 0 Å². The molecule has 0 atom stereocenters. The van der Waals surface area contributed by atoms with E-state index in [-0.39, 0.29) is 0 Å². The largest absolute Gasteiger partial charge is 0.414 e. The first-order valence-corrected chi connectivity index (χ1v) is 4.54. The molecule has 0 spiro atoms. The molecule has 0 N–H and O–H groups in total. The third-order valence-electron chi connectivity index (χ3n) is 1.74. The van der Waals surface area contributed by atoms with Gasteiger partial charge in [-0.15, -0.1) is 0 Å². The summed E-state index contributed by atoms with van der Waals surface area (Å²) in [6.07, 6.45) is 1.24. The van der Waals surface area contributed by atoms with Gasteiger partial charge in [0, 0.05) is 34.4 Å². The summed E-state index contributed by atoms with van der Waals surface area (Å²) in [6, 6.07) is 3.44. The fraction of sp³-hybridized carbons (Fsp3) is 0.400. The number of pyridine rings is 1. The van der Waals surface area contributed by atoms with Crippen molar-refractivity contribution >= 4 is 11.9 Å². The Labute approximate surface area is 89.3 Å². The van der Waals surface area contributed by atoms with Crippen LogP contribution in [0.5, 0.6) is 5.75 Å². The number of amides is 1. The zero-order chi connectivity index (χ0) is 11.4. The van der Waals surface area contributed by atoms with E-state index < -0.39 is 6.09 Å². The predicted octanol–water partition coefficient (Wildman–Crippen LogP) is 1.21. The SMILES string of the molecule is CN(C)C(=O)Oc1cccnc1N(C)C. The molecule has 0 bridgehead atoms. The van der Waals surface area contributed by atoms with Crippen LogP contribution in [0.1, 0.15) is 0 Å². The monoisotopic (exact) mass is 209 g/mol. The molecular weight excluding hydrogens is 194 g/mol. The molecule has 5 nitrogen and oxygen atoms in total. The van der Waals surface area contributed by atoms with E-state index in [1.54, 1.807) is 37.3 Å². The van der Waals surface area contributed by atoms with Crippen LogP contribution in [-0.4, -0.2) is 44.2 Å². The average Bonchev–Trinajstić information content (AvgIpc) is 2.18. The lowest BCUT2D eigenvalue weighted by Crippen LogP contribution is -2.26. The van der Waals surface area contributed by atoms with Gasteiger partial charge in [-0.1, -0.05) is 0 Å². The molecule has 1 rings (SSSR count). The van der Waals surface area contributed by atoms with Crippen LogP contribution in [0, 0.1) is 0 Å². The smallest absolute Gasteiger partial charge is 0.406 e. The van der Waals surface area contributed by atoms with Crippen LogP contribution in [0.2, 0.25) is 0 Å². The summed E-state index contributed by atoms with van der Waals surface area (Å²) in [5, 5.41) is 0. The molecule has 5 heteroatoms. The Hall–Kier alpha value is -1.78. The number of aromatic nitrogens is 1. The van der Waals surface area contributed by atoms with Crippen molar-refractivity contribution in [1.82, 2.24) is 9.88 Å². The molecule has 15 heavy (non-hydrogen) atoms. The van der Waals surface area contributed by atoms with Crippen molar-refractivity contribution < 1.29 is 9.53 Å². The van der Waals surface area contributed by atoms with E-state index in [4.69, 9.17) is 4.74 Å². The first-order valence-electron chi connectivity index (χ1n) is 4.54. The normalized spacial score (nSPS) is 9.60. The molecule has 0 fully saturated rings. The van der Waals surface area contributed by atoms with Crippen LogP contribution in [0.3, 0.4) is 0 Å². The highest BCUT2D eigenvalue weighted by Crippen LogP contribution is 2.23. The second-order valence-corrected chi connectivity index (χ2v) is 3.48. The zero-order valence-corrected chi connectivity index (χ0v) is 9.39. The van der Waals surface area contributed by atoms with Gasteiger partial charge in [0.05, 0.1) is 0 Å². The summed E-state index contributed by atoms with van der Waals surface area (Å²) in [4.78, 5) is 18.6. The molecule has 0 radical (unpaired) electrons. The lowest BCUT2D eigenvalue weighted by Gasteiger charge is -2.16. The molecule has 1 aromatic heterocycles. The fourth-order valence-corrected chi connectivity index (χ4v) is 0.983. The van der Waals surface area contributed by atoms with E-state index in [1.807, 2.05) is 14.1 Å². The molecule has 0 aliphatic heterocycles. The van der Waals surface area contributed by atoms with Gasteiger partial charge in [0.25, 0.3) is 0 Å². The van der Waals surface area contributed by atoms with Crippen LogP contribution in [0.15, 0.2) is 18.3 Å². The van der Waals surface area contributed by atoms with E-state index in [0.29, 0.717) is 11.6 Å². The quantitative estimate of drug-likeness (QED) is 0.734. The van der Waals surface area contributed by atoms with Crippen LogP contribution in [0.4, 0.5) is 10.6 Å². The van der Waals surface area contributed by atoms with E-state index in [2.05, 4.69) is 4.98 Å². The average molecular weight is 209 g/mol. The van der Waals surface area contributed by atoms with Crippen molar-refractivity contribution in [2.75, 3.05) is 33.1 Å². The third-order valence-corrected chi connectivity index (χ3v) is 1.74. The molecule has 1 amide bonds. The number of hydrogen-bond donors (Lipinski definition) is 0. The van der Waals surface area contributed by atoms with Crippen molar-refractivity contribution in [1.29, 1.82) is 0 Å². The van der Waals surface area contributed by atoms with Crippen LogP contribution < -0.4 is 9.64 Å². The summed E-state index contributed by atoms with van der Waals surface area (Å²) < 4.78 is 5.15. The first kappa shape index (κ1) is 11.3. The Kier molecular flexibility index (Phi) is 3.49. The molecular formula is C10H15N3O2. The molecule has 0 saturated carbocycles. The maximum absolute atomic E-state index is 11.3. The molecule has 1 aromatic rings. The van der Waals surface area contributed by atoms with Crippen LogP contribution >= 0.6 is 0 Å². The Morgan fingerprint density at radius 1 is 1.33 bits per heavy atom. The zero-order valence-electron chi connectivity index (χ0n) is 9.39. The summed E-state index contributed by atoms with van der Waals surface area (Å²) in [5.41, 5.74) is 0. The van der Waals surface area contributed by atoms with Gasteiger partial charge in [-0.2, -0.15) is 0 Å². The van der Waals surface area contributed by atoms with Gasteiger partial charge in [0.15, 0.2) is 11.6 Å². The molecule has 1 heterocycles. The Morgan fingerprint density at radius 2 is 2.00 bits per heavy atom. The minimum atomic E-state index is -0.411. The number of carbonyl (C=O) groups is 1. The van der Waals surface area contributed by atoms with Gasteiger partial charge < -0.3 is 14.5 Å². The fourth-order valence-electron chi connectivity index (χ4n) is 0.983. The summed E-state index contributed by atoms with van der Waals surface area (Å²) in [6.45, 7) is 0. The number of anilines is 1. The second kappa shape index (κ2) is 4.63. The highest BCUT2D eigenvalue weighted by molar-refractivity contribution is 5.72. The Morgan fingerprint density at radius 3 is 2.53 bits per heavy atom. The highest BCUT2D eigenvalue weighted by atomic mass is 16.6. The van der Waals surface area contributed by atoms with Crippen LogP contribution in [-0.2, 0) is 0 Å². The summed E-state index contributed by atoms with van der Waals surface area (Å²) in [7, 11) is 6.95. The topological polar surface area (TPSA) is 45.7 Å². The molecule has 0 aliphatic rings. The standard InChI is InChI=1S/C10H15N3O2/c1-12(2)9-8(6-5-7-11-9)15-10(14)13(3)4/h5-7H,1-4H3. The number of nitrogens with zero attached hydrogens (tertiary/aromatic N) is 3. The van der Waals surface area contributed by atoms with Gasteiger partial charge in [-0.25, -0.2) is 9.78 Å². The minimum Gasteiger partial charge on any atom is -0.406 e. The second-order valence-electron chi connectivity index (χ2n) is 3.48. The first-order chi connectivity index (χ1) is 7.02. The highest BCUT2D eigenvalue weighted by Gasteiger charge is 2.12. The number of carbonyl (C=O) groups excluding carboxylic acids is 1. The number of ether oxygens (including phenoxy) is 1. The molecule has 0 saturated heterocycles. The van der Waals surface area contributed by atoms with Crippen molar-refractivity contribution in [3.8, 4) is 5.75 Å². The van der Waals surface area contributed by atoms with Gasteiger partial charge in [-0.3, -0.25) is 0 Å². The number of hydrogen-bond acceptors (Lipinski definition) is 4. The maximum Gasteiger partial charge on any atom is 0.414 e. The van der Waals surface area contributed by atoms with Crippen molar-refractivity contribution in [2.24, 2.45) is 0 Å². The Bertz CT molecular complexity index is 350. The minimum absolute atomic E-state index is 0.411. The van der Waals surface area contributed by atoms with Gasteiger partial charge >= 0.3 is 6.09 Å². The molecule has 82 valence electrons. The van der Waals surface area contributed by atoms with Crippen molar-refractivity contribution in [3.63, 3.8) is 0 Å². The van der Waals surface area contributed by atoms with E-state index >= 15 is 0 Å². The van der Waals surface area contributed by atoms with Crippen molar-refractivity contribution in [3.05, 3.63) is 18.3 Å². The van der Waals surface area contributed by atoms with E-state index in [1.165, 1.54) is 4.90 Å². The molecule has 0 aromatic carbocycles. The maximum atomic E-state index is 11.3. The number of rotatable bonds is 2. The van der Waals surface area contributed by atoms with E-state index in [0.717, 1.165) is 0 Å². The van der Waals surface area contributed by atoms with E-state index in [9.17, 15) is 4.79 Å². The molecule has 0 aliphatic carbocycles. The lowest BCUT2D eigenvalue weighted by molar-refractivity contribution is 0.172. The van der Waals surface area contributed by atoms with Gasteiger partial charge in [-0.05, 0) is 12.1 Å².